The number of fused-ring (bicyclic) bond motifs is 1. The summed E-state index contributed by atoms with van der Waals surface area (Å²) in [6.45, 7) is -0.0263. The van der Waals surface area contributed by atoms with E-state index in [1.165, 1.54) is 18.2 Å². The van der Waals surface area contributed by atoms with Crippen LogP contribution in [0, 0.1) is 0 Å². The largest absolute Gasteiger partial charge is 0.508 e. The van der Waals surface area contributed by atoms with E-state index in [1.807, 2.05) is 0 Å². The third kappa shape index (κ3) is 1.55. The van der Waals surface area contributed by atoms with Gasteiger partial charge < -0.3 is 10.8 Å². The number of nitrogens with zero attached hydrogens (tertiary/aromatic N) is 2. The van der Waals surface area contributed by atoms with Crippen molar-refractivity contribution >= 4 is 22.5 Å². The summed E-state index contributed by atoms with van der Waals surface area (Å²) in [5, 5.41) is 9.61. The molecule has 1 aromatic heterocycles. The van der Waals surface area contributed by atoms with Crippen molar-refractivity contribution in [2.75, 3.05) is 0 Å². The molecule has 2 aromatic rings. The summed E-state index contributed by atoms with van der Waals surface area (Å²) in [5.41, 5.74) is 5.41. The molecule has 3 N–H and O–H groups in total. The molecule has 0 fully saturated rings. The van der Waals surface area contributed by atoms with E-state index in [1.54, 1.807) is 0 Å². The zero-order valence-corrected chi connectivity index (χ0v) is 8.40. The van der Waals surface area contributed by atoms with Crippen LogP contribution in [0.1, 0.15) is 0 Å². The minimum absolute atomic E-state index is 0.0144. The lowest BCUT2D eigenvalue weighted by Crippen LogP contribution is -2.25. The van der Waals surface area contributed by atoms with E-state index in [4.69, 9.17) is 17.3 Å². The molecule has 0 saturated heterocycles. The zero-order valence-electron chi connectivity index (χ0n) is 7.64. The van der Waals surface area contributed by atoms with Crippen LogP contribution in [0.15, 0.2) is 23.0 Å². The van der Waals surface area contributed by atoms with E-state index < -0.39 is 0 Å². The molecule has 0 saturated carbocycles. The second kappa shape index (κ2) is 3.52. The molecular weight excluding hydrogens is 218 g/mol. The standard InChI is InChI=1S/C9H8ClN3O2/c10-9-12-7-3-5(14)1-2-6(7)8(15)13(9)4-11/h1-3,14H,4,11H2. The molecule has 0 radical (unpaired) electrons. The second-order valence-corrected chi connectivity index (χ2v) is 3.34. The third-order valence-electron chi connectivity index (χ3n) is 2.07. The quantitative estimate of drug-likeness (QED) is 0.699. The highest BCUT2D eigenvalue weighted by Gasteiger charge is 2.08. The molecule has 0 aliphatic rings. The van der Waals surface area contributed by atoms with Crippen LogP contribution in [0.25, 0.3) is 10.9 Å². The Hall–Kier alpha value is -1.59. The zero-order chi connectivity index (χ0) is 11.0. The molecule has 15 heavy (non-hydrogen) atoms. The highest BCUT2D eigenvalue weighted by Crippen LogP contribution is 2.16. The average Bonchev–Trinajstić information content (AvgIpc) is 2.17. The molecule has 78 valence electrons. The number of benzene rings is 1. The van der Waals surface area contributed by atoms with Gasteiger partial charge in [-0.3, -0.25) is 9.36 Å². The van der Waals surface area contributed by atoms with Crippen molar-refractivity contribution in [2.45, 2.75) is 6.67 Å². The Morgan fingerprint density at radius 3 is 2.93 bits per heavy atom. The molecule has 6 heteroatoms. The highest BCUT2D eigenvalue weighted by atomic mass is 35.5. The van der Waals surface area contributed by atoms with Gasteiger partial charge in [-0.15, -0.1) is 0 Å². The molecule has 1 heterocycles. The van der Waals surface area contributed by atoms with Crippen molar-refractivity contribution in [3.63, 3.8) is 0 Å². The number of halogens is 1. The first-order valence-corrected chi connectivity index (χ1v) is 4.60. The number of hydrogen-bond donors (Lipinski definition) is 2. The van der Waals surface area contributed by atoms with E-state index in [9.17, 15) is 9.90 Å². The molecule has 0 spiro atoms. The number of aromatic nitrogens is 2. The van der Waals surface area contributed by atoms with Gasteiger partial charge in [0.15, 0.2) is 0 Å². The molecular formula is C9H8ClN3O2. The Bertz CT molecular complexity index is 579. The van der Waals surface area contributed by atoms with Gasteiger partial charge in [0, 0.05) is 6.07 Å². The Labute approximate surface area is 89.7 Å². The highest BCUT2D eigenvalue weighted by molar-refractivity contribution is 6.28. The molecule has 0 aliphatic carbocycles. The van der Waals surface area contributed by atoms with Gasteiger partial charge in [0.25, 0.3) is 5.56 Å². The third-order valence-corrected chi connectivity index (χ3v) is 2.36. The van der Waals surface area contributed by atoms with Crippen molar-refractivity contribution in [3.8, 4) is 5.75 Å². The maximum Gasteiger partial charge on any atom is 0.263 e. The van der Waals surface area contributed by atoms with Gasteiger partial charge in [-0.05, 0) is 23.7 Å². The Morgan fingerprint density at radius 2 is 2.27 bits per heavy atom. The fourth-order valence-corrected chi connectivity index (χ4v) is 1.58. The van der Waals surface area contributed by atoms with Crippen LogP contribution in [0.5, 0.6) is 5.75 Å². The van der Waals surface area contributed by atoms with Gasteiger partial charge in [0.05, 0.1) is 17.6 Å². The minimum atomic E-state index is -0.312. The molecule has 0 aliphatic heterocycles. The van der Waals surface area contributed by atoms with Crippen molar-refractivity contribution in [2.24, 2.45) is 5.73 Å². The summed E-state index contributed by atoms with van der Waals surface area (Å²) in [4.78, 5) is 15.7. The second-order valence-electron chi connectivity index (χ2n) is 3.00. The van der Waals surface area contributed by atoms with Gasteiger partial charge in [-0.2, -0.15) is 0 Å². The number of aromatic hydroxyl groups is 1. The molecule has 1 aromatic carbocycles. The predicted molar refractivity (Wildman–Crippen MR) is 56.9 cm³/mol. The molecule has 0 amide bonds. The Kier molecular flexibility index (Phi) is 2.34. The number of phenols is 1. The summed E-state index contributed by atoms with van der Waals surface area (Å²) in [7, 11) is 0. The van der Waals surface area contributed by atoms with Crippen LogP contribution in [-0.4, -0.2) is 14.7 Å². The Balaban J connectivity index is 2.91. The number of nitrogens with two attached hydrogens (primary N) is 1. The average molecular weight is 226 g/mol. The van der Waals surface area contributed by atoms with Crippen LogP contribution < -0.4 is 11.3 Å². The molecule has 2 rings (SSSR count). The van der Waals surface area contributed by atoms with Crippen LogP contribution in [0.4, 0.5) is 0 Å². The molecule has 5 nitrogen and oxygen atoms in total. The van der Waals surface area contributed by atoms with Crippen molar-refractivity contribution in [1.82, 2.24) is 9.55 Å². The minimum Gasteiger partial charge on any atom is -0.508 e. The predicted octanol–water partition coefficient (Wildman–Crippen LogP) is 0.672. The smallest absolute Gasteiger partial charge is 0.263 e. The van der Waals surface area contributed by atoms with Crippen molar-refractivity contribution in [3.05, 3.63) is 33.8 Å². The normalized spacial score (nSPS) is 10.8. The number of rotatable bonds is 1. The monoisotopic (exact) mass is 225 g/mol. The summed E-state index contributed by atoms with van der Waals surface area (Å²) in [6, 6.07) is 4.28. The van der Waals surface area contributed by atoms with Crippen LogP contribution in [0.3, 0.4) is 0 Å². The fourth-order valence-electron chi connectivity index (χ4n) is 1.34. The maximum absolute atomic E-state index is 11.8. The molecule has 0 unspecified atom stereocenters. The fraction of sp³-hybridized carbons (Fsp3) is 0.111. The molecule has 0 atom stereocenters. The van der Waals surface area contributed by atoms with Gasteiger partial charge in [-0.25, -0.2) is 4.98 Å². The van der Waals surface area contributed by atoms with E-state index in [0.717, 1.165) is 4.57 Å². The maximum atomic E-state index is 11.8. The van der Waals surface area contributed by atoms with Gasteiger partial charge in [-0.1, -0.05) is 0 Å². The first kappa shape index (κ1) is 9.95. The van der Waals surface area contributed by atoms with E-state index in [-0.39, 0.29) is 23.3 Å². The molecule has 0 bridgehead atoms. The summed E-state index contributed by atoms with van der Waals surface area (Å²) < 4.78 is 1.15. The Morgan fingerprint density at radius 1 is 1.53 bits per heavy atom. The number of hydrogen-bond acceptors (Lipinski definition) is 4. The summed E-state index contributed by atoms with van der Waals surface area (Å²) in [6.07, 6.45) is 0. The van der Waals surface area contributed by atoms with Crippen molar-refractivity contribution < 1.29 is 5.11 Å². The van der Waals surface area contributed by atoms with E-state index in [2.05, 4.69) is 4.98 Å². The van der Waals surface area contributed by atoms with Crippen LogP contribution >= 0.6 is 11.6 Å². The van der Waals surface area contributed by atoms with Crippen molar-refractivity contribution in [1.29, 1.82) is 0 Å². The topological polar surface area (TPSA) is 81.1 Å². The van der Waals surface area contributed by atoms with Gasteiger partial charge >= 0.3 is 0 Å². The van der Waals surface area contributed by atoms with Crippen LogP contribution in [0.2, 0.25) is 5.28 Å². The lowest BCUT2D eigenvalue weighted by molar-refractivity contribution is 0.476. The van der Waals surface area contributed by atoms with Crippen LogP contribution in [-0.2, 0) is 6.67 Å². The van der Waals surface area contributed by atoms with Gasteiger partial charge in [0.1, 0.15) is 5.75 Å². The lowest BCUT2D eigenvalue weighted by atomic mass is 10.2. The van der Waals surface area contributed by atoms with E-state index in [0.29, 0.717) is 10.9 Å². The van der Waals surface area contributed by atoms with E-state index >= 15 is 0 Å². The SMILES string of the molecule is NCn1c(Cl)nc2cc(O)ccc2c1=O. The first-order chi connectivity index (χ1) is 7.13. The summed E-state index contributed by atoms with van der Waals surface area (Å²) in [5.74, 6) is 0.0379. The summed E-state index contributed by atoms with van der Waals surface area (Å²) >= 11 is 5.75. The van der Waals surface area contributed by atoms with Gasteiger partial charge in [0.2, 0.25) is 5.28 Å². The first-order valence-electron chi connectivity index (χ1n) is 4.22. The number of phenolic OH excluding ortho intramolecular Hbond substituents is 1. The lowest BCUT2D eigenvalue weighted by Gasteiger charge is -2.05.